The zero-order chi connectivity index (χ0) is 6.27. The fourth-order valence-electron chi connectivity index (χ4n) is 1.26. The molecule has 0 aliphatic heterocycles. The Morgan fingerprint density at radius 2 is 2.11 bits per heavy atom. The highest BCUT2D eigenvalue weighted by Crippen LogP contribution is 2.25. The first-order valence-electron chi connectivity index (χ1n) is 3.17. The van der Waals surface area contributed by atoms with Crippen molar-refractivity contribution in [3.05, 3.63) is 29.3 Å². The standard InChI is InChI=1S/C8H8O/c9-8-5-6-1-3-7(8)4-2-6/h1,3,5,9H,2,4H2. The van der Waals surface area contributed by atoms with Gasteiger partial charge in [0, 0.05) is 0 Å². The smallest absolute Gasteiger partial charge is 0.119 e. The molecule has 0 unspecified atom stereocenters. The van der Waals surface area contributed by atoms with Gasteiger partial charge in [0.15, 0.2) is 0 Å². The van der Waals surface area contributed by atoms with Gasteiger partial charge in [-0.15, -0.1) is 0 Å². The van der Waals surface area contributed by atoms with Crippen molar-refractivity contribution in [2.75, 3.05) is 0 Å². The molecule has 1 aromatic rings. The lowest BCUT2D eigenvalue weighted by atomic mass is 9.95. The van der Waals surface area contributed by atoms with Crippen molar-refractivity contribution in [2.24, 2.45) is 0 Å². The van der Waals surface area contributed by atoms with Crippen molar-refractivity contribution in [1.29, 1.82) is 0 Å². The van der Waals surface area contributed by atoms with Gasteiger partial charge in [-0.05, 0) is 30.0 Å². The monoisotopic (exact) mass is 120 g/mol. The lowest BCUT2D eigenvalue weighted by Gasteiger charge is -2.12. The van der Waals surface area contributed by atoms with Gasteiger partial charge in [-0.25, -0.2) is 0 Å². The van der Waals surface area contributed by atoms with Gasteiger partial charge >= 0.3 is 0 Å². The molecule has 3 rings (SSSR count). The number of phenols is 1. The minimum absolute atomic E-state index is 0.471. The summed E-state index contributed by atoms with van der Waals surface area (Å²) >= 11 is 0. The van der Waals surface area contributed by atoms with Crippen LogP contribution >= 0.6 is 0 Å². The van der Waals surface area contributed by atoms with Crippen molar-refractivity contribution in [2.45, 2.75) is 12.8 Å². The first kappa shape index (κ1) is 4.86. The average Bonchev–Trinajstić information content (AvgIpc) is 1.90. The van der Waals surface area contributed by atoms with Gasteiger partial charge in [0.1, 0.15) is 5.75 Å². The Kier molecular flexibility index (Phi) is 0.810. The first-order chi connectivity index (χ1) is 4.36. The molecule has 0 saturated heterocycles. The number of benzene rings is 1. The van der Waals surface area contributed by atoms with Crippen molar-refractivity contribution >= 4 is 0 Å². The summed E-state index contributed by atoms with van der Waals surface area (Å²) in [5.74, 6) is 0.471. The van der Waals surface area contributed by atoms with Crippen LogP contribution in [0.4, 0.5) is 0 Å². The Labute approximate surface area is 53.9 Å². The summed E-state index contributed by atoms with van der Waals surface area (Å²) < 4.78 is 0. The zero-order valence-corrected chi connectivity index (χ0v) is 5.09. The van der Waals surface area contributed by atoms with E-state index in [9.17, 15) is 0 Å². The average molecular weight is 120 g/mol. The predicted molar refractivity (Wildman–Crippen MR) is 35.5 cm³/mol. The molecule has 1 N–H and O–H groups in total. The fraction of sp³-hybridized carbons (Fsp3) is 0.250. The molecule has 0 amide bonds. The SMILES string of the molecule is Oc1cc2ccc1CC2. The highest BCUT2D eigenvalue weighted by atomic mass is 16.3. The molecule has 1 nitrogen and oxygen atoms in total. The lowest BCUT2D eigenvalue weighted by Crippen LogP contribution is -1.98. The van der Waals surface area contributed by atoms with Crippen LogP contribution in [-0.2, 0) is 12.8 Å². The molecule has 1 aromatic carbocycles. The summed E-state index contributed by atoms with van der Waals surface area (Å²) in [6.07, 6.45) is 2.13. The van der Waals surface area contributed by atoms with E-state index in [-0.39, 0.29) is 0 Å². The van der Waals surface area contributed by atoms with E-state index in [0.717, 1.165) is 18.4 Å². The molecule has 2 aliphatic rings. The van der Waals surface area contributed by atoms with E-state index in [1.807, 2.05) is 12.1 Å². The Bertz CT molecular complexity index is 240. The second kappa shape index (κ2) is 1.50. The minimum Gasteiger partial charge on any atom is -0.508 e. The van der Waals surface area contributed by atoms with Crippen LogP contribution in [0.5, 0.6) is 5.75 Å². The number of phenolic OH excluding ortho intramolecular Hbond substituents is 1. The number of aromatic hydroxyl groups is 1. The largest absolute Gasteiger partial charge is 0.508 e. The second-order valence-electron chi connectivity index (χ2n) is 2.46. The highest BCUT2D eigenvalue weighted by Gasteiger charge is 2.08. The molecule has 46 valence electrons. The molecule has 0 atom stereocenters. The number of fused-ring (bicyclic) bond motifs is 3. The van der Waals surface area contributed by atoms with Crippen LogP contribution in [-0.4, -0.2) is 5.11 Å². The molecule has 0 aromatic heterocycles. The number of rotatable bonds is 0. The summed E-state index contributed by atoms with van der Waals surface area (Å²) in [7, 11) is 0. The van der Waals surface area contributed by atoms with E-state index in [0.29, 0.717) is 5.75 Å². The van der Waals surface area contributed by atoms with Gasteiger partial charge in [0.25, 0.3) is 0 Å². The van der Waals surface area contributed by atoms with Gasteiger partial charge in [0.05, 0.1) is 0 Å². The Hall–Kier alpha value is -0.980. The minimum atomic E-state index is 0.471. The van der Waals surface area contributed by atoms with Crippen LogP contribution in [0.1, 0.15) is 11.1 Å². The summed E-state index contributed by atoms with van der Waals surface area (Å²) in [6, 6.07) is 5.91. The van der Waals surface area contributed by atoms with Crippen LogP contribution in [0.2, 0.25) is 0 Å². The maximum atomic E-state index is 9.15. The molecular formula is C8H8O. The molecular weight excluding hydrogens is 112 g/mol. The molecule has 1 heteroatoms. The summed E-state index contributed by atoms with van der Waals surface area (Å²) in [5, 5.41) is 9.15. The van der Waals surface area contributed by atoms with E-state index in [2.05, 4.69) is 6.07 Å². The molecule has 0 fully saturated rings. The van der Waals surface area contributed by atoms with Gasteiger partial charge in [-0.2, -0.15) is 0 Å². The van der Waals surface area contributed by atoms with Crippen LogP contribution in [0.15, 0.2) is 18.2 Å². The van der Waals surface area contributed by atoms with Crippen LogP contribution in [0.3, 0.4) is 0 Å². The van der Waals surface area contributed by atoms with E-state index in [1.165, 1.54) is 5.56 Å². The fourth-order valence-corrected chi connectivity index (χ4v) is 1.26. The maximum Gasteiger partial charge on any atom is 0.119 e. The van der Waals surface area contributed by atoms with E-state index >= 15 is 0 Å². The van der Waals surface area contributed by atoms with Crippen molar-refractivity contribution in [3.63, 3.8) is 0 Å². The van der Waals surface area contributed by atoms with Crippen LogP contribution in [0, 0.1) is 0 Å². The number of hydrogen-bond acceptors (Lipinski definition) is 1. The Morgan fingerprint density at radius 3 is 2.33 bits per heavy atom. The number of aryl methyl sites for hydroxylation is 2. The summed E-state index contributed by atoms with van der Waals surface area (Å²) in [6.45, 7) is 0. The molecule has 0 saturated carbocycles. The third-order valence-corrected chi connectivity index (χ3v) is 1.83. The van der Waals surface area contributed by atoms with E-state index in [1.54, 1.807) is 0 Å². The number of hydrogen-bond donors (Lipinski definition) is 1. The van der Waals surface area contributed by atoms with Gasteiger partial charge in [-0.1, -0.05) is 12.1 Å². The summed E-state index contributed by atoms with van der Waals surface area (Å²) in [4.78, 5) is 0. The van der Waals surface area contributed by atoms with E-state index < -0.39 is 0 Å². The van der Waals surface area contributed by atoms with Gasteiger partial charge < -0.3 is 5.11 Å². The lowest BCUT2D eigenvalue weighted by molar-refractivity contribution is 0.463. The predicted octanol–water partition coefficient (Wildman–Crippen LogP) is 1.49. The Morgan fingerprint density at radius 1 is 1.22 bits per heavy atom. The third kappa shape index (κ3) is 0.611. The first-order valence-corrected chi connectivity index (χ1v) is 3.17. The van der Waals surface area contributed by atoms with Crippen molar-refractivity contribution in [3.8, 4) is 5.75 Å². The molecule has 0 spiro atoms. The van der Waals surface area contributed by atoms with Crippen LogP contribution < -0.4 is 0 Å². The molecule has 2 bridgehead atoms. The molecule has 9 heavy (non-hydrogen) atoms. The third-order valence-electron chi connectivity index (χ3n) is 1.83. The van der Waals surface area contributed by atoms with Crippen molar-refractivity contribution < 1.29 is 5.11 Å². The van der Waals surface area contributed by atoms with E-state index in [4.69, 9.17) is 5.11 Å². The topological polar surface area (TPSA) is 20.2 Å². The molecule has 0 heterocycles. The van der Waals surface area contributed by atoms with Crippen molar-refractivity contribution in [1.82, 2.24) is 0 Å². The van der Waals surface area contributed by atoms with Crippen LogP contribution in [0.25, 0.3) is 0 Å². The molecule has 2 aliphatic carbocycles. The molecule has 0 radical (unpaired) electrons. The normalized spacial score (nSPS) is 14.2. The zero-order valence-electron chi connectivity index (χ0n) is 5.09. The Balaban J connectivity index is 2.70. The second-order valence-corrected chi connectivity index (χ2v) is 2.46. The summed E-state index contributed by atoms with van der Waals surface area (Å²) in [5.41, 5.74) is 2.34. The maximum absolute atomic E-state index is 9.15. The van der Waals surface area contributed by atoms with Gasteiger partial charge in [-0.3, -0.25) is 0 Å². The highest BCUT2D eigenvalue weighted by molar-refractivity contribution is 5.40. The van der Waals surface area contributed by atoms with Gasteiger partial charge in [0.2, 0.25) is 0 Å². The quantitative estimate of drug-likeness (QED) is 0.550.